The molecule has 1 aliphatic carbocycles. The second kappa shape index (κ2) is 12.8. The molecule has 0 spiro atoms. The van der Waals surface area contributed by atoms with Gasteiger partial charge in [0, 0.05) is 18.2 Å². The quantitative estimate of drug-likeness (QED) is 0.411. The molecular weight excluding hydrogens is 496 g/mol. The maximum absolute atomic E-state index is 14.3. The van der Waals surface area contributed by atoms with Gasteiger partial charge in [-0.3, -0.25) is 14.4 Å². The molecule has 0 aromatic heterocycles. The number of carbonyl (C=O) groups excluding carboxylic acids is 4. The molecule has 4 amide bonds. The normalized spacial score (nSPS) is 14.9. The van der Waals surface area contributed by atoms with Crippen LogP contribution in [0.1, 0.15) is 75.6 Å². The number of rotatable bonds is 10. The van der Waals surface area contributed by atoms with Gasteiger partial charge in [0.2, 0.25) is 11.8 Å². The lowest BCUT2D eigenvalue weighted by atomic mass is 9.87. The van der Waals surface area contributed by atoms with Crippen LogP contribution in [0.2, 0.25) is 0 Å². The molecule has 2 atom stereocenters. The van der Waals surface area contributed by atoms with E-state index in [4.69, 9.17) is 10.5 Å². The van der Waals surface area contributed by atoms with Crippen molar-refractivity contribution in [1.82, 2.24) is 10.2 Å². The molecule has 39 heavy (non-hydrogen) atoms. The number of para-hydroxylation sites is 1. The fraction of sp³-hybridized carbons (Fsp3) is 0.467. The summed E-state index contributed by atoms with van der Waals surface area (Å²) in [6.45, 7) is 8.96. The van der Waals surface area contributed by atoms with Gasteiger partial charge in [0.15, 0.2) is 0 Å². The monoisotopic (exact) mass is 536 g/mol. The van der Waals surface area contributed by atoms with Gasteiger partial charge in [0.05, 0.1) is 0 Å². The van der Waals surface area contributed by atoms with Gasteiger partial charge in [0.25, 0.3) is 5.91 Å². The zero-order chi connectivity index (χ0) is 28.7. The van der Waals surface area contributed by atoms with Gasteiger partial charge in [-0.05, 0) is 83.1 Å². The highest BCUT2D eigenvalue weighted by Crippen LogP contribution is 2.36. The summed E-state index contributed by atoms with van der Waals surface area (Å²) in [5.41, 5.74) is 7.70. The van der Waals surface area contributed by atoms with Gasteiger partial charge >= 0.3 is 6.09 Å². The number of nitrogens with two attached hydrogens (primary N) is 1. The summed E-state index contributed by atoms with van der Waals surface area (Å²) >= 11 is 0. The number of nitrogens with one attached hydrogen (secondary N) is 2. The third-order valence-corrected chi connectivity index (χ3v) is 6.80. The van der Waals surface area contributed by atoms with E-state index in [1.165, 1.54) is 0 Å². The number of ether oxygens (including phenoxy) is 1. The first kappa shape index (κ1) is 29.7. The van der Waals surface area contributed by atoms with E-state index >= 15 is 0 Å². The van der Waals surface area contributed by atoms with Crippen LogP contribution in [0.4, 0.5) is 10.5 Å². The highest BCUT2D eigenvalue weighted by atomic mass is 16.6. The lowest BCUT2D eigenvalue weighted by Crippen LogP contribution is -2.57. The predicted octanol–water partition coefficient (Wildman–Crippen LogP) is 4.52. The molecule has 9 nitrogen and oxygen atoms in total. The molecule has 3 rings (SSSR count). The standard InChI is InChI=1S/C30H40N4O5/c1-19-11-6-8-15-22(19)26(27(36)32-23-16-9-7-12-20(23)2)34(21-13-10-14-21)28(37)24(17-18-25(31)35)33-29(38)39-30(3,4)5/h6-9,11-12,15-16,21,24,26H,10,13-14,17-18H2,1-5H3,(H2,31,35)(H,32,36)(H,33,38). The third kappa shape index (κ3) is 8.05. The van der Waals surface area contributed by atoms with Crippen LogP contribution in [0, 0.1) is 13.8 Å². The van der Waals surface area contributed by atoms with Crippen LogP contribution < -0.4 is 16.4 Å². The second-order valence-electron chi connectivity index (χ2n) is 11.1. The van der Waals surface area contributed by atoms with Crippen LogP contribution in [-0.4, -0.2) is 46.4 Å². The van der Waals surface area contributed by atoms with Crippen molar-refractivity contribution in [3.63, 3.8) is 0 Å². The number of benzene rings is 2. The summed E-state index contributed by atoms with van der Waals surface area (Å²) in [5.74, 6) is -1.41. The first-order valence-electron chi connectivity index (χ1n) is 13.4. The highest BCUT2D eigenvalue weighted by molar-refractivity contribution is 5.99. The van der Waals surface area contributed by atoms with E-state index in [1.807, 2.05) is 62.4 Å². The van der Waals surface area contributed by atoms with Crippen LogP contribution in [0.3, 0.4) is 0 Å². The fourth-order valence-corrected chi connectivity index (χ4v) is 4.58. The number of carbonyl (C=O) groups is 4. The number of hydrogen-bond donors (Lipinski definition) is 3. The molecule has 0 heterocycles. The van der Waals surface area contributed by atoms with E-state index in [9.17, 15) is 19.2 Å². The lowest BCUT2D eigenvalue weighted by Gasteiger charge is -2.44. The van der Waals surface area contributed by atoms with Crippen LogP contribution in [0.25, 0.3) is 0 Å². The minimum Gasteiger partial charge on any atom is -0.444 e. The first-order valence-corrected chi connectivity index (χ1v) is 13.4. The van der Waals surface area contributed by atoms with Crippen molar-refractivity contribution >= 4 is 29.5 Å². The summed E-state index contributed by atoms with van der Waals surface area (Å²) < 4.78 is 5.39. The molecule has 2 aromatic rings. The molecule has 2 aromatic carbocycles. The van der Waals surface area contributed by atoms with Crippen molar-refractivity contribution in [2.45, 2.75) is 90.4 Å². The van der Waals surface area contributed by atoms with E-state index in [0.29, 0.717) is 11.3 Å². The molecule has 1 saturated carbocycles. The molecule has 0 saturated heterocycles. The number of aryl methyl sites for hydroxylation is 2. The Bertz CT molecular complexity index is 1200. The van der Waals surface area contributed by atoms with Crippen molar-refractivity contribution in [1.29, 1.82) is 0 Å². The largest absolute Gasteiger partial charge is 0.444 e. The molecule has 2 unspecified atom stereocenters. The Morgan fingerprint density at radius 2 is 1.62 bits per heavy atom. The summed E-state index contributed by atoms with van der Waals surface area (Å²) in [7, 11) is 0. The molecule has 9 heteroatoms. The number of anilines is 1. The minimum atomic E-state index is -1.11. The molecule has 1 fully saturated rings. The maximum atomic E-state index is 14.3. The second-order valence-corrected chi connectivity index (χ2v) is 11.1. The maximum Gasteiger partial charge on any atom is 0.408 e. The van der Waals surface area contributed by atoms with Gasteiger partial charge < -0.3 is 26.0 Å². The zero-order valence-electron chi connectivity index (χ0n) is 23.5. The summed E-state index contributed by atoms with van der Waals surface area (Å²) in [6, 6.07) is 12.6. The van der Waals surface area contributed by atoms with Crippen LogP contribution in [0.15, 0.2) is 48.5 Å². The van der Waals surface area contributed by atoms with Crippen LogP contribution in [-0.2, 0) is 19.1 Å². The SMILES string of the molecule is Cc1ccccc1NC(=O)C(c1ccccc1C)N(C(=O)C(CCC(N)=O)NC(=O)OC(C)(C)C)C1CCC1. The first-order chi connectivity index (χ1) is 18.4. The number of nitrogens with zero attached hydrogens (tertiary/aromatic N) is 1. The summed E-state index contributed by atoms with van der Waals surface area (Å²) in [6.07, 6.45) is 1.45. The van der Waals surface area contributed by atoms with Gasteiger partial charge in [-0.25, -0.2) is 4.79 Å². The number of amides is 4. The molecule has 0 radical (unpaired) electrons. The number of alkyl carbamates (subject to hydrolysis) is 1. The van der Waals surface area contributed by atoms with E-state index in [-0.39, 0.29) is 24.8 Å². The van der Waals surface area contributed by atoms with Gasteiger partial charge in [0.1, 0.15) is 17.7 Å². The van der Waals surface area contributed by atoms with Gasteiger partial charge in [-0.1, -0.05) is 42.5 Å². The van der Waals surface area contributed by atoms with Crippen molar-refractivity contribution in [3.05, 3.63) is 65.2 Å². The number of primary amides is 1. The van der Waals surface area contributed by atoms with Gasteiger partial charge in [-0.2, -0.15) is 0 Å². The van der Waals surface area contributed by atoms with Crippen molar-refractivity contribution in [2.75, 3.05) is 5.32 Å². The summed E-state index contributed by atoms with van der Waals surface area (Å²) in [5, 5.41) is 5.66. The lowest BCUT2D eigenvalue weighted by molar-refractivity contribution is -0.146. The third-order valence-electron chi connectivity index (χ3n) is 6.80. The Labute approximate surface area is 230 Å². The Hall–Kier alpha value is -3.88. The smallest absolute Gasteiger partial charge is 0.408 e. The van der Waals surface area contributed by atoms with E-state index in [1.54, 1.807) is 25.7 Å². The Morgan fingerprint density at radius 1 is 1.00 bits per heavy atom. The average molecular weight is 537 g/mol. The van der Waals surface area contributed by atoms with Crippen LogP contribution in [0.5, 0.6) is 0 Å². The molecule has 0 aliphatic heterocycles. The van der Waals surface area contributed by atoms with E-state index in [2.05, 4.69) is 10.6 Å². The summed E-state index contributed by atoms with van der Waals surface area (Å²) in [4.78, 5) is 54.2. The average Bonchev–Trinajstić information content (AvgIpc) is 2.81. The highest BCUT2D eigenvalue weighted by Gasteiger charge is 2.42. The molecular formula is C30H40N4O5. The molecule has 0 bridgehead atoms. The van der Waals surface area contributed by atoms with E-state index in [0.717, 1.165) is 30.4 Å². The van der Waals surface area contributed by atoms with Crippen molar-refractivity contribution in [3.8, 4) is 0 Å². The predicted molar refractivity (Wildman–Crippen MR) is 150 cm³/mol. The number of hydrogen-bond acceptors (Lipinski definition) is 5. The van der Waals surface area contributed by atoms with E-state index < -0.39 is 35.6 Å². The molecule has 1 aliphatic rings. The topological polar surface area (TPSA) is 131 Å². The van der Waals surface area contributed by atoms with Crippen LogP contribution >= 0.6 is 0 Å². The molecule has 4 N–H and O–H groups in total. The van der Waals surface area contributed by atoms with Gasteiger partial charge in [-0.15, -0.1) is 0 Å². The fourth-order valence-electron chi connectivity index (χ4n) is 4.58. The zero-order valence-corrected chi connectivity index (χ0v) is 23.5. The minimum absolute atomic E-state index is 0.0173. The Morgan fingerprint density at radius 3 is 2.15 bits per heavy atom. The Kier molecular flexibility index (Phi) is 9.72. The molecule has 210 valence electrons. The van der Waals surface area contributed by atoms with Crippen molar-refractivity contribution < 1.29 is 23.9 Å². The van der Waals surface area contributed by atoms with Crippen molar-refractivity contribution in [2.24, 2.45) is 5.73 Å². The Balaban J connectivity index is 2.04.